The predicted octanol–water partition coefficient (Wildman–Crippen LogP) is 3.53. The van der Waals surface area contributed by atoms with E-state index in [4.69, 9.17) is 10.5 Å². The van der Waals surface area contributed by atoms with Crippen LogP contribution >= 0.6 is 24.0 Å². The molecule has 0 aromatic heterocycles. The first-order valence-corrected chi connectivity index (χ1v) is 8.00. The van der Waals surface area contributed by atoms with E-state index in [0.717, 1.165) is 19.7 Å². The number of guanidine groups is 1. The number of rotatable bonds is 5. The van der Waals surface area contributed by atoms with Crippen molar-refractivity contribution in [1.82, 2.24) is 4.90 Å². The van der Waals surface area contributed by atoms with Gasteiger partial charge in [-0.2, -0.15) is 0 Å². The lowest BCUT2D eigenvalue weighted by atomic mass is 10.1. The molecule has 0 aliphatic carbocycles. The Morgan fingerprint density at radius 3 is 2.27 bits per heavy atom. The van der Waals surface area contributed by atoms with E-state index in [1.807, 2.05) is 6.92 Å². The van der Waals surface area contributed by atoms with Gasteiger partial charge in [-0.05, 0) is 30.9 Å². The second-order valence-corrected chi connectivity index (χ2v) is 5.53. The molecule has 124 valence electrons. The van der Waals surface area contributed by atoms with Crippen LogP contribution in [0.4, 0.5) is 0 Å². The van der Waals surface area contributed by atoms with Gasteiger partial charge in [-0.3, -0.25) is 0 Å². The molecule has 1 aromatic carbocycles. The third-order valence-electron chi connectivity index (χ3n) is 3.85. The number of nitrogens with two attached hydrogens (primary N) is 1. The van der Waals surface area contributed by atoms with Crippen LogP contribution in [0, 0.1) is 0 Å². The summed E-state index contributed by atoms with van der Waals surface area (Å²) in [4.78, 5) is 6.76. The molecule has 0 bridgehead atoms. The van der Waals surface area contributed by atoms with Gasteiger partial charge in [-0.25, -0.2) is 4.99 Å². The summed E-state index contributed by atoms with van der Waals surface area (Å²) in [5.41, 5.74) is 8.50. The maximum atomic E-state index is 6.12. The Labute approximate surface area is 151 Å². The maximum Gasteiger partial charge on any atom is 0.191 e. The van der Waals surface area contributed by atoms with Crippen LogP contribution in [-0.4, -0.2) is 30.6 Å². The fraction of sp³-hybridized carbons (Fsp3) is 0.588. The fourth-order valence-electron chi connectivity index (χ4n) is 2.53. The van der Waals surface area contributed by atoms with Gasteiger partial charge in [0, 0.05) is 19.7 Å². The number of benzene rings is 1. The monoisotopic (exact) mass is 417 g/mol. The van der Waals surface area contributed by atoms with Crippen molar-refractivity contribution >= 4 is 29.9 Å². The van der Waals surface area contributed by atoms with Crippen LogP contribution in [0.1, 0.15) is 43.7 Å². The molecular formula is C17H28IN3O. The van der Waals surface area contributed by atoms with Crippen molar-refractivity contribution in [3.05, 3.63) is 35.4 Å². The number of ether oxygens (including phenoxy) is 1. The van der Waals surface area contributed by atoms with Gasteiger partial charge in [-0.1, -0.05) is 37.1 Å². The van der Waals surface area contributed by atoms with E-state index in [1.54, 1.807) is 0 Å². The second-order valence-electron chi connectivity index (χ2n) is 5.53. The third kappa shape index (κ3) is 6.52. The molecule has 1 aliphatic heterocycles. The first kappa shape index (κ1) is 19.2. The summed E-state index contributed by atoms with van der Waals surface area (Å²) in [7, 11) is 0. The molecule has 0 spiro atoms. The van der Waals surface area contributed by atoms with Gasteiger partial charge < -0.3 is 15.4 Å². The summed E-state index contributed by atoms with van der Waals surface area (Å²) in [5.74, 6) is 0.690. The van der Waals surface area contributed by atoms with Gasteiger partial charge >= 0.3 is 0 Å². The van der Waals surface area contributed by atoms with E-state index in [2.05, 4.69) is 34.2 Å². The van der Waals surface area contributed by atoms with Gasteiger partial charge in [0.15, 0.2) is 5.96 Å². The topological polar surface area (TPSA) is 50.9 Å². The lowest BCUT2D eigenvalue weighted by molar-refractivity contribution is 0.134. The Bertz CT molecular complexity index is 440. The van der Waals surface area contributed by atoms with Crippen molar-refractivity contribution in [3.8, 4) is 0 Å². The van der Waals surface area contributed by atoms with Crippen LogP contribution in [0.5, 0.6) is 0 Å². The van der Waals surface area contributed by atoms with Gasteiger partial charge in [0.05, 0.1) is 13.2 Å². The Kier molecular flexibility index (Phi) is 9.47. The summed E-state index contributed by atoms with van der Waals surface area (Å²) in [6, 6.07) is 8.41. The van der Waals surface area contributed by atoms with Crippen molar-refractivity contribution in [2.24, 2.45) is 10.7 Å². The molecular weight excluding hydrogens is 389 g/mol. The standard InChI is InChI=1S/C17H27N3O.HI/c1-2-21-14-16-9-7-15(8-10-16)13-19-17(18)20-11-5-3-4-6-12-20;/h7-10H,2-6,11-14H2,1H3,(H2,18,19);1H. The number of hydrogen-bond donors (Lipinski definition) is 1. The van der Waals surface area contributed by atoms with Crippen LogP contribution in [-0.2, 0) is 17.9 Å². The molecule has 0 amide bonds. The van der Waals surface area contributed by atoms with Crippen molar-refractivity contribution in [3.63, 3.8) is 0 Å². The van der Waals surface area contributed by atoms with Crippen molar-refractivity contribution in [2.45, 2.75) is 45.8 Å². The highest BCUT2D eigenvalue weighted by Gasteiger charge is 2.10. The molecule has 0 unspecified atom stereocenters. The average Bonchev–Trinajstić information content (AvgIpc) is 2.81. The molecule has 2 N–H and O–H groups in total. The van der Waals surface area contributed by atoms with Crippen LogP contribution in [0.3, 0.4) is 0 Å². The van der Waals surface area contributed by atoms with E-state index in [0.29, 0.717) is 19.1 Å². The first-order valence-electron chi connectivity index (χ1n) is 8.00. The summed E-state index contributed by atoms with van der Waals surface area (Å²) in [6.45, 7) is 6.17. The normalized spacial score (nSPS) is 16.0. The predicted molar refractivity (Wildman–Crippen MR) is 103 cm³/mol. The molecule has 0 radical (unpaired) electrons. The summed E-state index contributed by atoms with van der Waals surface area (Å²) in [6.07, 6.45) is 5.07. The van der Waals surface area contributed by atoms with Gasteiger partial charge in [0.2, 0.25) is 0 Å². The minimum Gasteiger partial charge on any atom is -0.377 e. The van der Waals surface area contributed by atoms with E-state index < -0.39 is 0 Å². The van der Waals surface area contributed by atoms with Crippen molar-refractivity contribution < 1.29 is 4.74 Å². The zero-order chi connectivity index (χ0) is 14.9. The molecule has 2 rings (SSSR count). The highest BCUT2D eigenvalue weighted by atomic mass is 127. The van der Waals surface area contributed by atoms with Gasteiger partial charge in [0.1, 0.15) is 0 Å². The quantitative estimate of drug-likeness (QED) is 0.453. The zero-order valence-corrected chi connectivity index (χ0v) is 15.8. The highest BCUT2D eigenvalue weighted by Crippen LogP contribution is 2.10. The summed E-state index contributed by atoms with van der Waals surface area (Å²) in [5, 5.41) is 0. The van der Waals surface area contributed by atoms with Crippen LogP contribution in [0.15, 0.2) is 29.3 Å². The van der Waals surface area contributed by atoms with Gasteiger partial charge in [0.25, 0.3) is 0 Å². The molecule has 1 heterocycles. The number of likely N-dealkylation sites (tertiary alicyclic amines) is 1. The Balaban J connectivity index is 0.00000242. The molecule has 1 aromatic rings. The molecule has 0 atom stereocenters. The van der Waals surface area contributed by atoms with Crippen LogP contribution < -0.4 is 5.73 Å². The molecule has 1 aliphatic rings. The minimum atomic E-state index is 0. The largest absolute Gasteiger partial charge is 0.377 e. The van der Waals surface area contributed by atoms with E-state index >= 15 is 0 Å². The fourth-order valence-corrected chi connectivity index (χ4v) is 2.53. The smallest absolute Gasteiger partial charge is 0.191 e. The number of aliphatic imine (C=N–C) groups is 1. The third-order valence-corrected chi connectivity index (χ3v) is 3.85. The Morgan fingerprint density at radius 1 is 1.09 bits per heavy atom. The van der Waals surface area contributed by atoms with Crippen molar-refractivity contribution in [2.75, 3.05) is 19.7 Å². The second kappa shape index (κ2) is 10.8. The van der Waals surface area contributed by atoms with E-state index in [-0.39, 0.29) is 24.0 Å². The Hall–Kier alpha value is -0.820. The van der Waals surface area contributed by atoms with E-state index in [1.165, 1.54) is 36.8 Å². The van der Waals surface area contributed by atoms with E-state index in [9.17, 15) is 0 Å². The number of halogens is 1. The van der Waals surface area contributed by atoms with Crippen LogP contribution in [0.2, 0.25) is 0 Å². The van der Waals surface area contributed by atoms with Crippen LogP contribution in [0.25, 0.3) is 0 Å². The molecule has 1 saturated heterocycles. The number of nitrogens with zero attached hydrogens (tertiary/aromatic N) is 2. The summed E-state index contributed by atoms with van der Waals surface area (Å²) < 4.78 is 5.39. The lowest BCUT2D eigenvalue weighted by Gasteiger charge is -2.21. The first-order chi connectivity index (χ1) is 10.3. The number of hydrogen-bond acceptors (Lipinski definition) is 2. The lowest BCUT2D eigenvalue weighted by Crippen LogP contribution is -2.38. The average molecular weight is 417 g/mol. The van der Waals surface area contributed by atoms with Gasteiger partial charge in [-0.15, -0.1) is 24.0 Å². The van der Waals surface area contributed by atoms with Crippen molar-refractivity contribution in [1.29, 1.82) is 0 Å². The zero-order valence-electron chi connectivity index (χ0n) is 13.5. The SMILES string of the molecule is CCOCc1ccc(CN=C(N)N2CCCCCC2)cc1.I. The molecule has 22 heavy (non-hydrogen) atoms. The molecule has 5 heteroatoms. The Morgan fingerprint density at radius 2 is 1.68 bits per heavy atom. The molecule has 4 nitrogen and oxygen atoms in total. The maximum absolute atomic E-state index is 6.12. The molecule has 0 saturated carbocycles. The molecule has 1 fully saturated rings. The highest BCUT2D eigenvalue weighted by molar-refractivity contribution is 14.0. The summed E-state index contributed by atoms with van der Waals surface area (Å²) >= 11 is 0. The minimum absolute atomic E-state index is 0.